The van der Waals surface area contributed by atoms with Crippen LogP contribution in [0.3, 0.4) is 0 Å². The summed E-state index contributed by atoms with van der Waals surface area (Å²) in [6, 6.07) is 20.8. The van der Waals surface area contributed by atoms with Gasteiger partial charge in [-0.3, -0.25) is 0 Å². The zero-order valence-electron chi connectivity index (χ0n) is 11.9. The first-order valence-electron chi connectivity index (χ1n) is 7.25. The van der Waals surface area contributed by atoms with Gasteiger partial charge in [-0.15, -0.1) is 0 Å². The van der Waals surface area contributed by atoms with Crippen molar-refractivity contribution in [1.29, 1.82) is 0 Å². The van der Waals surface area contributed by atoms with E-state index >= 15 is 0 Å². The lowest BCUT2D eigenvalue weighted by molar-refractivity contribution is 0.471. The number of fused-ring (bicyclic) bond motifs is 3. The van der Waals surface area contributed by atoms with Crippen molar-refractivity contribution in [2.45, 2.75) is 13.3 Å². The maximum absolute atomic E-state index is 9.98. The molecule has 3 aromatic carbocycles. The molecule has 1 nitrogen and oxygen atoms in total. The van der Waals surface area contributed by atoms with Gasteiger partial charge in [0.15, 0.2) is 0 Å². The molecule has 102 valence electrons. The highest BCUT2D eigenvalue weighted by atomic mass is 16.3. The molecule has 1 heteroatoms. The number of hydrogen-bond acceptors (Lipinski definition) is 1. The second-order valence-electron chi connectivity index (χ2n) is 5.62. The topological polar surface area (TPSA) is 20.2 Å². The summed E-state index contributed by atoms with van der Waals surface area (Å²) in [4.78, 5) is 0. The molecule has 21 heavy (non-hydrogen) atoms. The fraction of sp³-hybridized carbons (Fsp3) is 0.100. The third-order valence-electron chi connectivity index (χ3n) is 4.45. The molecule has 0 aliphatic heterocycles. The molecule has 0 aromatic heterocycles. The van der Waals surface area contributed by atoms with E-state index in [9.17, 15) is 5.11 Å². The molecule has 1 aliphatic rings. The number of benzene rings is 3. The largest absolute Gasteiger partial charge is 0.508 e. The van der Waals surface area contributed by atoms with Crippen molar-refractivity contribution in [3.63, 3.8) is 0 Å². The number of phenols is 1. The van der Waals surface area contributed by atoms with Crippen molar-refractivity contribution in [2.75, 3.05) is 0 Å². The summed E-state index contributed by atoms with van der Waals surface area (Å²) in [5.74, 6) is 0.362. The molecule has 0 saturated heterocycles. The van der Waals surface area contributed by atoms with E-state index in [0.29, 0.717) is 5.75 Å². The van der Waals surface area contributed by atoms with Crippen molar-refractivity contribution in [3.8, 4) is 28.0 Å². The van der Waals surface area contributed by atoms with E-state index in [0.717, 1.165) is 17.5 Å². The van der Waals surface area contributed by atoms with Gasteiger partial charge in [-0.1, -0.05) is 54.6 Å². The zero-order chi connectivity index (χ0) is 14.4. The van der Waals surface area contributed by atoms with E-state index < -0.39 is 0 Å². The maximum atomic E-state index is 9.98. The van der Waals surface area contributed by atoms with Gasteiger partial charge < -0.3 is 5.11 Å². The molecule has 0 atom stereocenters. The molecule has 0 bridgehead atoms. The third-order valence-corrected chi connectivity index (χ3v) is 4.45. The predicted molar refractivity (Wildman–Crippen MR) is 86.5 cm³/mol. The van der Waals surface area contributed by atoms with Gasteiger partial charge in [0.05, 0.1) is 0 Å². The molecule has 0 heterocycles. The van der Waals surface area contributed by atoms with E-state index in [1.807, 2.05) is 13.0 Å². The normalized spacial score (nSPS) is 12.0. The summed E-state index contributed by atoms with van der Waals surface area (Å²) >= 11 is 0. The van der Waals surface area contributed by atoms with Gasteiger partial charge in [0.1, 0.15) is 5.75 Å². The summed E-state index contributed by atoms with van der Waals surface area (Å²) < 4.78 is 0. The first-order chi connectivity index (χ1) is 10.3. The lowest BCUT2D eigenvalue weighted by Gasteiger charge is -2.12. The van der Waals surface area contributed by atoms with Crippen LogP contribution in [-0.2, 0) is 6.42 Å². The smallest absolute Gasteiger partial charge is 0.119 e. The van der Waals surface area contributed by atoms with Crippen molar-refractivity contribution >= 4 is 0 Å². The predicted octanol–water partition coefficient (Wildman–Crippen LogP) is 4.94. The fourth-order valence-electron chi connectivity index (χ4n) is 3.32. The minimum Gasteiger partial charge on any atom is -0.508 e. The van der Waals surface area contributed by atoms with Crippen LogP contribution in [0.4, 0.5) is 0 Å². The number of phenolic OH excluding ortho intramolecular Hbond substituents is 1. The van der Waals surface area contributed by atoms with Crippen LogP contribution in [0, 0.1) is 6.92 Å². The minimum atomic E-state index is 0.362. The monoisotopic (exact) mass is 272 g/mol. The number of rotatable bonds is 1. The molecule has 0 unspecified atom stereocenters. The third kappa shape index (κ3) is 1.78. The van der Waals surface area contributed by atoms with Crippen LogP contribution in [0.15, 0.2) is 60.7 Å². The van der Waals surface area contributed by atoms with Crippen LogP contribution < -0.4 is 0 Å². The summed E-state index contributed by atoms with van der Waals surface area (Å²) in [5.41, 5.74) is 8.72. The van der Waals surface area contributed by atoms with E-state index in [-0.39, 0.29) is 0 Å². The van der Waals surface area contributed by atoms with Gasteiger partial charge in [0.2, 0.25) is 0 Å². The molecule has 1 N–H and O–H groups in total. The van der Waals surface area contributed by atoms with Crippen LogP contribution in [0.2, 0.25) is 0 Å². The zero-order valence-corrected chi connectivity index (χ0v) is 11.9. The first kappa shape index (κ1) is 12.2. The standard InChI is InChI=1S/C20H16O/c1-13-15(8-5-11-20(13)21)17-9-4-10-18-16-7-3-2-6-14(16)12-19(17)18/h2-11,21H,12H2,1H3. The van der Waals surface area contributed by atoms with Gasteiger partial charge in [-0.25, -0.2) is 0 Å². The van der Waals surface area contributed by atoms with Crippen LogP contribution >= 0.6 is 0 Å². The SMILES string of the molecule is Cc1c(O)cccc1-c1cccc2c1Cc1ccccc1-2. The average Bonchev–Trinajstić information content (AvgIpc) is 2.89. The minimum absolute atomic E-state index is 0.362. The summed E-state index contributed by atoms with van der Waals surface area (Å²) in [6.07, 6.45) is 0.969. The Morgan fingerprint density at radius 2 is 1.33 bits per heavy atom. The molecule has 3 aromatic rings. The molecule has 0 amide bonds. The van der Waals surface area contributed by atoms with Crippen molar-refractivity contribution in [3.05, 3.63) is 77.4 Å². The fourth-order valence-corrected chi connectivity index (χ4v) is 3.32. The van der Waals surface area contributed by atoms with Gasteiger partial charge in [-0.05, 0) is 58.4 Å². The Labute approximate surface area is 124 Å². The number of hydrogen-bond donors (Lipinski definition) is 1. The highest BCUT2D eigenvalue weighted by Gasteiger charge is 2.21. The molecule has 0 radical (unpaired) electrons. The molecule has 1 aliphatic carbocycles. The molecular formula is C20H16O. The van der Waals surface area contributed by atoms with Crippen LogP contribution in [-0.4, -0.2) is 5.11 Å². The van der Waals surface area contributed by atoms with E-state index in [1.165, 1.54) is 27.8 Å². The van der Waals surface area contributed by atoms with Crippen molar-refractivity contribution in [2.24, 2.45) is 0 Å². The van der Waals surface area contributed by atoms with Gasteiger partial charge >= 0.3 is 0 Å². The molecule has 0 fully saturated rings. The highest BCUT2D eigenvalue weighted by Crippen LogP contribution is 2.42. The van der Waals surface area contributed by atoms with Crippen molar-refractivity contribution in [1.82, 2.24) is 0 Å². The Kier molecular flexibility index (Phi) is 2.61. The maximum Gasteiger partial charge on any atom is 0.119 e. The molecule has 0 spiro atoms. The lowest BCUT2D eigenvalue weighted by Crippen LogP contribution is -1.90. The number of aromatic hydroxyl groups is 1. The van der Waals surface area contributed by atoms with E-state index in [1.54, 1.807) is 6.07 Å². The first-order valence-corrected chi connectivity index (χ1v) is 7.25. The Balaban J connectivity index is 1.97. The quantitative estimate of drug-likeness (QED) is 0.520. The Hall–Kier alpha value is -2.54. The van der Waals surface area contributed by atoms with Crippen LogP contribution in [0.1, 0.15) is 16.7 Å². The Morgan fingerprint density at radius 1 is 0.714 bits per heavy atom. The van der Waals surface area contributed by atoms with E-state index in [4.69, 9.17) is 0 Å². The lowest BCUT2D eigenvalue weighted by atomic mass is 9.93. The molecule has 0 saturated carbocycles. The molecule has 4 rings (SSSR count). The van der Waals surface area contributed by atoms with Gasteiger partial charge in [-0.2, -0.15) is 0 Å². The summed E-state index contributed by atoms with van der Waals surface area (Å²) in [7, 11) is 0. The molecular weight excluding hydrogens is 256 g/mol. The van der Waals surface area contributed by atoms with Crippen LogP contribution in [0.25, 0.3) is 22.3 Å². The van der Waals surface area contributed by atoms with Crippen molar-refractivity contribution < 1.29 is 5.11 Å². The summed E-state index contributed by atoms with van der Waals surface area (Å²) in [6.45, 7) is 1.98. The van der Waals surface area contributed by atoms with E-state index in [2.05, 4.69) is 48.5 Å². The Morgan fingerprint density at radius 3 is 2.19 bits per heavy atom. The average molecular weight is 272 g/mol. The second-order valence-corrected chi connectivity index (χ2v) is 5.62. The second kappa shape index (κ2) is 4.49. The van der Waals surface area contributed by atoms with Gasteiger partial charge in [0, 0.05) is 0 Å². The Bertz CT molecular complexity index is 846. The summed E-state index contributed by atoms with van der Waals surface area (Å²) in [5, 5.41) is 9.98. The highest BCUT2D eigenvalue weighted by molar-refractivity contribution is 5.85. The van der Waals surface area contributed by atoms with Gasteiger partial charge in [0.25, 0.3) is 0 Å². The van der Waals surface area contributed by atoms with Crippen LogP contribution in [0.5, 0.6) is 5.75 Å².